The molecule has 9 nitrogen and oxygen atoms in total. The van der Waals surface area contributed by atoms with Gasteiger partial charge in [0, 0.05) is 48.3 Å². The van der Waals surface area contributed by atoms with Crippen LogP contribution in [0.2, 0.25) is 0 Å². The maximum absolute atomic E-state index is 13.0. The van der Waals surface area contributed by atoms with Gasteiger partial charge in [-0.05, 0) is 23.8 Å². The molecule has 0 aliphatic rings. The quantitative estimate of drug-likeness (QED) is 0.364. The van der Waals surface area contributed by atoms with Crippen LogP contribution in [0.4, 0.5) is 0 Å². The third-order valence-corrected chi connectivity index (χ3v) is 5.88. The Morgan fingerprint density at radius 3 is 2.63 bits per heavy atom. The summed E-state index contributed by atoms with van der Waals surface area (Å²) in [5.41, 5.74) is 2.72. The van der Waals surface area contributed by atoms with Gasteiger partial charge < -0.3 is 24.5 Å². The number of nitrogens with one attached hydrogen (secondary N) is 2. The largest absolute Gasteiger partial charge is 0.493 e. The van der Waals surface area contributed by atoms with Crippen molar-refractivity contribution in [2.75, 3.05) is 34.5 Å². The molecule has 2 aromatic heterocycles. The second-order valence-corrected chi connectivity index (χ2v) is 7.91. The zero-order valence-corrected chi connectivity index (χ0v) is 19.9. The molecule has 2 N–H and O–H groups in total. The lowest BCUT2D eigenvalue weighted by Gasteiger charge is -2.22. The van der Waals surface area contributed by atoms with Crippen molar-refractivity contribution < 1.29 is 19.0 Å². The molecule has 1 atom stereocenters. The summed E-state index contributed by atoms with van der Waals surface area (Å²) < 4.78 is 17.5. The summed E-state index contributed by atoms with van der Waals surface area (Å²) >= 11 is 0. The molecule has 182 valence electrons. The molecular formula is C26H28N4O5. The summed E-state index contributed by atoms with van der Waals surface area (Å²) in [4.78, 5) is 28.4. The van der Waals surface area contributed by atoms with Crippen LogP contribution in [0, 0.1) is 0 Å². The van der Waals surface area contributed by atoms with E-state index >= 15 is 0 Å². The van der Waals surface area contributed by atoms with Crippen LogP contribution in [0.5, 0.6) is 11.5 Å². The predicted octanol–water partition coefficient (Wildman–Crippen LogP) is 2.95. The molecule has 0 fully saturated rings. The molecule has 2 heterocycles. The molecule has 0 radical (unpaired) electrons. The van der Waals surface area contributed by atoms with E-state index in [1.807, 2.05) is 48.7 Å². The van der Waals surface area contributed by atoms with E-state index in [9.17, 15) is 9.59 Å². The van der Waals surface area contributed by atoms with Gasteiger partial charge in [0.15, 0.2) is 11.5 Å². The van der Waals surface area contributed by atoms with Crippen LogP contribution in [0.3, 0.4) is 0 Å². The number of nitrogens with zero attached hydrogens (tertiary/aromatic N) is 2. The molecule has 2 aromatic carbocycles. The molecule has 0 saturated carbocycles. The molecule has 0 spiro atoms. The number of aromatic nitrogens is 3. The van der Waals surface area contributed by atoms with Gasteiger partial charge in [-0.3, -0.25) is 9.59 Å². The van der Waals surface area contributed by atoms with Gasteiger partial charge in [-0.2, -0.15) is 5.10 Å². The number of H-pyrrole nitrogens is 1. The average Bonchev–Trinajstić information content (AvgIpc) is 3.32. The maximum Gasteiger partial charge on any atom is 0.271 e. The molecular weight excluding hydrogens is 448 g/mol. The predicted molar refractivity (Wildman–Crippen MR) is 132 cm³/mol. The summed E-state index contributed by atoms with van der Waals surface area (Å²) in [7, 11) is 4.73. The highest BCUT2D eigenvalue weighted by molar-refractivity contribution is 5.92. The Kier molecular flexibility index (Phi) is 7.47. The minimum Gasteiger partial charge on any atom is -0.493 e. The van der Waals surface area contributed by atoms with Gasteiger partial charge in [-0.15, -0.1) is 0 Å². The maximum atomic E-state index is 13.0. The van der Waals surface area contributed by atoms with Crippen molar-refractivity contribution in [1.29, 1.82) is 0 Å². The van der Waals surface area contributed by atoms with Gasteiger partial charge in [0.2, 0.25) is 0 Å². The van der Waals surface area contributed by atoms with Gasteiger partial charge >= 0.3 is 0 Å². The van der Waals surface area contributed by atoms with E-state index in [0.29, 0.717) is 18.1 Å². The minimum atomic E-state index is -0.386. The van der Waals surface area contributed by atoms with Crippen molar-refractivity contribution in [3.8, 4) is 11.5 Å². The molecule has 0 bridgehead atoms. The fourth-order valence-electron chi connectivity index (χ4n) is 4.15. The van der Waals surface area contributed by atoms with E-state index in [0.717, 1.165) is 22.0 Å². The standard InChI is InChI=1S/C26H28N4O5/c1-33-14-13-30-24(31)12-11-22(29-30)26(32)28-16-20(18-8-6-10-23(34-2)25(18)35-3)19-15-27-21-9-5-4-7-17(19)21/h4-12,15,20,27H,13-14,16H2,1-3H3,(H,28,32). The molecule has 1 unspecified atom stereocenters. The number of aromatic amines is 1. The highest BCUT2D eigenvalue weighted by atomic mass is 16.5. The molecule has 9 heteroatoms. The van der Waals surface area contributed by atoms with Crippen LogP contribution < -0.4 is 20.3 Å². The SMILES string of the molecule is COCCn1nc(C(=O)NCC(c2cccc(OC)c2OC)c2c[nH]c3ccccc23)ccc1=O. The van der Waals surface area contributed by atoms with E-state index in [2.05, 4.69) is 15.4 Å². The molecule has 0 aliphatic heterocycles. The first-order chi connectivity index (χ1) is 17.1. The molecule has 35 heavy (non-hydrogen) atoms. The summed E-state index contributed by atoms with van der Waals surface area (Å²) in [5, 5.41) is 8.22. The van der Waals surface area contributed by atoms with Crippen LogP contribution >= 0.6 is 0 Å². The summed E-state index contributed by atoms with van der Waals surface area (Å²) in [6.45, 7) is 0.842. The fourth-order valence-corrected chi connectivity index (χ4v) is 4.15. The Labute approximate surface area is 202 Å². The normalized spacial score (nSPS) is 11.9. The summed E-state index contributed by atoms with van der Waals surface area (Å²) in [6, 6.07) is 16.4. The van der Waals surface area contributed by atoms with E-state index in [1.165, 1.54) is 16.8 Å². The van der Waals surface area contributed by atoms with Crippen molar-refractivity contribution in [2.45, 2.75) is 12.5 Å². The Morgan fingerprint density at radius 2 is 1.86 bits per heavy atom. The first-order valence-electron chi connectivity index (χ1n) is 11.2. The number of methoxy groups -OCH3 is 3. The summed E-state index contributed by atoms with van der Waals surface area (Å²) in [5.74, 6) is 0.571. The lowest BCUT2D eigenvalue weighted by molar-refractivity contribution is 0.0943. The Morgan fingerprint density at radius 1 is 1.03 bits per heavy atom. The monoisotopic (exact) mass is 476 g/mol. The number of hydrogen-bond acceptors (Lipinski definition) is 6. The highest BCUT2D eigenvalue weighted by Crippen LogP contribution is 2.40. The number of ether oxygens (including phenoxy) is 3. The van der Waals surface area contributed by atoms with Gasteiger partial charge in [0.25, 0.3) is 11.5 Å². The molecule has 4 aromatic rings. The Balaban J connectivity index is 1.69. The third-order valence-electron chi connectivity index (χ3n) is 5.88. The van der Waals surface area contributed by atoms with Crippen LogP contribution in [-0.4, -0.2) is 55.2 Å². The first kappa shape index (κ1) is 24.0. The number of fused-ring (bicyclic) bond motifs is 1. The average molecular weight is 477 g/mol. The van der Waals surface area contributed by atoms with Crippen LogP contribution in [-0.2, 0) is 11.3 Å². The van der Waals surface area contributed by atoms with Gasteiger partial charge in [0.05, 0.1) is 27.4 Å². The summed E-state index contributed by atoms with van der Waals surface area (Å²) in [6.07, 6.45) is 1.95. The van der Waals surface area contributed by atoms with E-state index in [4.69, 9.17) is 14.2 Å². The number of benzene rings is 2. The number of rotatable bonds is 10. The second kappa shape index (κ2) is 10.9. The van der Waals surface area contributed by atoms with Crippen molar-refractivity contribution in [1.82, 2.24) is 20.1 Å². The van der Waals surface area contributed by atoms with Crippen LogP contribution in [0.25, 0.3) is 10.9 Å². The Bertz CT molecular complexity index is 1380. The molecule has 1 amide bonds. The van der Waals surface area contributed by atoms with E-state index < -0.39 is 0 Å². The highest BCUT2D eigenvalue weighted by Gasteiger charge is 2.24. The zero-order chi connectivity index (χ0) is 24.8. The van der Waals surface area contributed by atoms with Gasteiger partial charge in [-0.1, -0.05) is 30.3 Å². The van der Waals surface area contributed by atoms with Crippen molar-refractivity contribution in [3.05, 3.63) is 88.0 Å². The smallest absolute Gasteiger partial charge is 0.271 e. The molecule has 0 aliphatic carbocycles. The van der Waals surface area contributed by atoms with Crippen molar-refractivity contribution in [3.63, 3.8) is 0 Å². The van der Waals surface area contributed by atoms with Gasteiger partial charge in [-0.25, -0.2) is 4.68 Å². The zero-order valence-electron chi connectivity index (χ0n) is 19.9. The van der Waals surface area contributed by atoms with Crippen LogP contribution in [0.1, 0.15) is 27.5 Å². The Hall–Kier alpha value is -4.11. The lowest BCUT2D eigenvalue weighted by atomic mass is 9.89. The lowest BCUT2D eigenvalue weighted by Crippen LogP contribution is -2.33. The molecule has 4 rings (SSSR count). The number of para-hydroxylation sites is 2. The first-order valence-corrected chi connectivity index (χ1v) is 11.2. The second-order valence-electron chi connectivity index (χ2n) is 7.91. The van der Waals surface area contributed by atoms with Crippen molar-refractivity contribution in [2.24, 2.45) is 0 Å². The number of hydrogen-bond donors (Lipinski definition) is 2. The van der Waals surface area contributed by atoms with Gasteiger partial charge in [0.1, 0.15) is 5.69 Å². The number of carbonyl (C=O) groups is 1. The topological polar surface area (TPSA) is 107 Å². The van der Waals surface area contributed by atoms with Crippen LogP contribution in [0.15, 0.2) is 65.6 Å². The van der Waals surface area contributed by atoms with E-state index in [-0.39, 0.29) is 36.2 Å². The number of carbonyl (C=O) groups excluding carboxylic acids is 1. The third kappa shape index (κ3) is 5.04. The minimum absolute atomic E-state index is 0.149. The van der Waals surface area contributed by atoms with Crippen molar-refractivity contribution >= 4 is 16.8 Å². The number of amides is 1. The molecule has 0 saturated heterocycles. The fraction of sp³-hybridized carbons (Fsp3) is 0.269. The van der Waals surface area contributed by atoms with E-state index in [1.54, 1.807) is 21.3 Å².